The number of amides is 1. The number of pyridine rings is 2. The highest BCUT2D eigenvalue weighted by molar-refractivity contribution is 6.06. The van der Waals surface area contributed by atoms with Gasteiger partial charge in [0.05, 0.1) is 34.8 Å². The third-order valence-electron chi connectivity index (χ3n) is 7.60. The van der Waals surface area contributed by atoms with Gasteiger partial charge < -0.3 is 20.4 Å². The first kappa shape index (κ1) is 20.5. The van der Waals surface area contributed by atoms with Gasteiger partial charge in [0.25, 0.3) is 5.91 Å². The van der Waals surface area contributed by atoms with Gasteiger partial charge in [0.15, 0.2) is 0 Å². The number of hydrogen-bond acceptors (Lipinski definition) is 6. The van der Waals surface area contributed by atoms with E-state index in [1.165, 1.54) is 11.3 Å². The number of anilines is 3. The number of hydrogen-bond donors (Lipinski definition) is 2. The van der Waals surface area contributed by atoms with E-state index < -0.39 is 0 Å². The fraction of sp³-hybridized carbons (Fsp3) is 0.296. The largest absolute Gasteiger partial charge is 0.364 e. The van der Waals surface area contributed by atoms with Crippen molar-refractivity contribution in [2.75, 3.05) is 36.9 Å². The van der Waals surface area contributed by atoms with Crippen molar-refractivity contribution in [3.05, 3.63) is 71.2 Å². The molecule has 0 radical (unpaired) electrons. The summed E-state index contributed by atoms with van der Waals surface area (Å²) in [6, 6.07) is 10.9. The van der Waals surface area contributed by atoms with Crippen LogP contribution in [0.3, 0.4) is 0 Å². The molecule has 0 aliphatic carbocycles. The Kier molecular flexibility index (Phi) is 4.41. The van der Waals surface area contributed by atoms with E-state index >= 15 is 0 Å². The van der Waals surface area contributed by atoms with Gasteiger partial charge in [0.1, 0.15) is 5.82 Å². The van der Waals surface area contributed by atoms with Crippen molar-refractivity contribution >= 4 is 28.6 Å². The van der Waals surface area contributed by atoms with Gasteiger partial charge in [-0.05, 0) is 60.8 Å². The van der Waals surface area contributed by atoms with Crippen LogP contribution in [0.4, 0.5) is 17.2 Å². The highest BCUT2D eigenvalue weighted by Crippen LogP contribution is 2.38. The quantitative estimate of drug-likeness (QED) is 0.483. The van der Waals surface area contributed by atoms with E-state index in [1.54, 1.807) is 0 Å². The molecule has 6 heterocycles. The van der Waals surface area contributed by atoms with Crippen LogP contribution in [0.5, 0.6) is 0 Å². The maximum Gasteiger partial charge on any atom is 0.254 e. The number of carbonyl (C=O) groups excluding carboxylic acids is 1. The van der Waals surface area contributed by atoms with Crippen LogP contribution in [0.25, 0.3) is 16.6 Å². The van der Waals surface area contributed by atoms with E-state index in [-0.39, 0.29) is 5.91 Å². The number of aromatic nitrogens is 3. The number of nitrogens with zero attached hydrogens (tertiary/aromatic N) is 5. The second-order valence-electron chi connectivity index (χ2n) is 9.93. The molecule has 1 aromatic carbocycles. The summed E-state index contributed by atoms with van der Waals surface area (Å²) in [6.07, 6.45) is 6.92. The Hall–Kier alpha value is -3.91. The molecule has 1 fully saturated rings. The first-order valence-electron chi connectivity index (χ1n) is 12.1. The molecule has 3 aliphatic rings. The summed E-state index contributed by atoms with van der Waals surface area (Å²) in [4.78, 5) is 22.5. The SMILES string of the molecule is Cc1ccc2c(-c3ccc(Nc4cc5c(cn4)N4CCN(C)CC4C5)c4c3CNC4=O)cnn2c1. The molecule has 3 aromatic heterocycles. The van der Waals surface area contributed by atoms with Crippen LogP contribution in [0, 0.1) is 6.92 Å². The number of piperazine rings is 1. The van der Waals surface area contributed by atoms with Crippen LogP contribution in [0.15, 0.2) is 48.9 Å². The highest BCUT2D eigenvalue weighted by Gasteiger charge is 2.34. The second-order valence-corrected chi connectivity index (χ2v) is 9.93. The normalized spacial score (nSPS) is 19.0. The number of benzene rings is 1. The maximum absolute atomic E-state index is 12.9. The summed E-state index contributed by atoms with van der Waals surface area (Å²) in [5.41, 5.74) is 9.28. The number of aryl methyl sites for hydroxylation is 1. The lowest BCUT2D eigenvalue weighted by molar-refractivity contribution is 0.0966. The topological polar surface area (TPSA) is 77.8 Å². The fourth-order valence-corrected chi connectivity index (χ4v) is 5.87. The van der Waals surface area contributed by atoms with E-state index in [0.29, 0.717) is 18.2 Å². The standard InChI is InChI=1S/C27H27N7O/c1-16-3-6-23-20(12-30-34(23)14-16)19-4-5-22(26-21(19)11-29-27(26)35)31-25-10-17-9-18-15-32(2)7-8-33(18)24(17)13-28-25/h3-6,10,12-14,18H,7-9,11,15H2,1-2H3,(H,28,31)(H,29,35). The van der Waals surface area contributed by atoms with Crippen LogP contribution in [0.1, 0.15) is 27.0 Å². The van der Waals surface area contributed by atoms with E-state index in [1.807, 2.05) is 29.2 Å². The average Bonchev–Trinajstić information content (AvgIpc) is 3.53. The van der Waals surface area contributed by atoms with Crippen molar-refractivity contribution in [2.45, 2.75) is 25.9 Å². The molecule has 35 heavy (non-hydrogen) atoms. The molecule has 176 valence electrons. The predicted octanol–water partition coefficient (Wildman–Crippen LogP) is 3.37. The number of carbonyl (C=O) groups is 1. The Labute approximate surface area is 203 Å². The van der Waals surface area contributed by atoms with Gasteiger partial charge in [-0.25, -0.2) is 9.50 Å². The molecule has 3 aliphatic heterocycles. The van der Waals surface area contributed by atoms with Crippen molar-refractivity contribution in [2.24, 2.45) is 0 Å². The zero-order valence-electron chi connectivity index (χ0n) is 19.9. The molecule has 1 amide bonds. The minimum atomic E-state index is -0.0574. The third-order valence-corrected chi connectivity index (χ3v) is 7.60. The Morgan fingerprint density at radius 2 is 2.03 bits per heavy atom. The molecule has 1 saturated heterocycles. The van der Waals surface area contributed by atoms with Gasteiger partial charge in [-0.15, -0.1) is 0 Å². The summed E-state index contributed by atoms with van der Waals surface area (Å²) in [5.74, 6) is 0.719. The lowest BCUT2D eigenvalue weighted by atomic mass is 9.96. The molecular formula is C27H27N7O. The zero-order chi connectivity index (χ0) is 23.7. The summed E-state index contributed by atoms with van der Waals surface area (Å²) >= 11 is 0. The highest BCUT2D eigenvalue weighted by atomic mass is 16.1. The van der Waals surface area contributed by atoms with E-state index in [0.717, 1.165) is 65.3 Å². The number of nitrogens with one attached hydrogen (secondary N) is 2. The zero-order valence-corrected chi connectivity index (χ0v) is 19.9. The van der Waals surface area contributed by atoms with Crippen molar-refractivity contribution < 1.29 is 4.79 Å². The molecule has 0 bridgehead atoms. The molecule has 7 rings (SSSR count). The average molecular weight is 466 g/mol. The molecule has 0 spiro atoms. The van der Waals surface area contributed by atoms with Crippen molar-refractivity contribution in [1.82, 2.24) is 24.8 Å². The van der Waals surface area contributed by atoms with Crippen LogP contribution in [0.2, 0.25) is 0 Å². The third kappa shape index (κ3) is 3.20. The number of likely N-dealkylation sites (N-methyl/N-ethyl adjacent to an activating group) is 1. The monoisotopic (exact) mass is 465 g/mol. The minimum Gasteiger partial charge on any atom is -0.364 e. The first-order valence-corrected chi connectivity index (χ1v) is 12.1. The van der Waals surface area contributed by atoms with Crippen LogP contribution < -0.4 is 15.5 Å². The summed E-state index contributed by atoms with van der Waals surface area (Å²) in [5, 5.41) is 11.0. The van der Waals surface area contributed by atoms with Gasteiger partial charge in [0, 0.05) is 44.0 Å². The predicted molar refractivity (Wildman–Crippen MR) is 136 cm³/mol. The smallest absolute Gasteiger partial charge is 0.254 e. The summed E-state index contributed by atoms with van der Waals surface area (Å²) in [7, 11) is 2.19. The van der Waals surface area contributed by atoms with Gasteiger partial charge in [-0.2, -0.15) is 5.10 Å². The Bertz CT molecular complexity index is 1510. The summed E-state index contributed by atoms with van der Waals surface area (Å²) < 4.78 is 1.90. The Balaban J connectivity index is 1.24. The molecule has 1 atom stereocenters. The van der Waals surface area contributed by atoms with E-state index in [9.17, 15) is 4.79 Å². The summed E-state index contributed by atoms with van der Waals surface area (Å²) in [6.45, 7) is 5.76. The van der Waals surface area contributed by atoms with Gasteiger partial charge in [-0.1, -0.05) is 12.1 Å². The molecule has 8 nitrogen and oxygen atoms in total. The number of fused-ring (bicyclic) bond motifs is 5. The molecular weight excluding hydrogens is 438 g/mol. The van der Waals surface area contributed by atoms with Gasteiger partial charge in [-0.3, -0.25) is 4.79 Å². The van der Waals surface area contributed by atoms with Crippen molar-refractivity contribution in [3.63, 3.8) is 0 Å². The van der Waals surface area contributed by atoms with Crippen LogP contribution >= 0.6 is 0 Å². The Morgan fingerprint density at radius 3 is 2.94 bits per heavy atom. The van der Waals surface area contributed by atoms with Crippen LogP contribution in [-0.2, 0) is 13.0 Å². The molecule has 4 aromatic rings. The minimum absolute atomic E-state index is 0.0574. The molecule has 1 unspecified atom stereocenters. The lowest BCUT2D eigenvalue weighted by Crippen LogP contribution is -2.50. The van der Waals surface area contributed by atoms with Crippen LogP contribution in [-0.4, -0.2) is 58.1 Å². The molecule has 0 saturated carbocycles. The van der Waals surface area contributed by atoms with Gasteiger partial charge in [0.2, 0.25) is 0 Å². The van der Waals surface area contributed by atoms with E-state index in [2.05, 4.69) is 63.8 Å². The fourth-order valence-electron chi connectivity index (χ4n) is 5.87. The molecule has 2 N–H and O–H groups in total. The van der Waals surface area contributed by atoms with E-state index in [4.69, 9.17) is 4.98 Å². The maximum atomic E-state index is 12.9. The van der Waals surface area contributed by atoms with Gasteiger partial charge >= 0.3 is 0 Å². The van der Waals surface area contributed by atoms with Crippen molar-refractivity contribution in [1.29, 1.82) is 0 Å². The lowest BCUT2D eigenvalue weighted by Gasteiger charge is -2.37. The molecule has 8 heteroatoms. The second kappa shape index (κ2) is 7.55. The van der Waals surface area contributed by atoms with Crippen molar-refractivity contribution in [3.8, 4) is 11.1 Å². The first-order chi connectivity index (χ1) is 17.0. The number of rotatable bonds is 3. The Morgan fingerprint density at radius 1 is 1.11 bits per heavy atom.